The summed E-state index contributed by atoms with van der Waals surface area (Å²) in [5, 5.41) is 8.78. The number of hydrogen-bond acceptors (Lipinski definition) is 2. The van der Waals surface area contributed by atoms with E-state index in [0.717, 1.165) is 17.0 Å². The van der Waals surface area contributed by atoms with Crippen molar-refractivity contribution in [3.05, 3.63) is 29.8 Å². The Balaban J connectivity index is 2.29. The molecular formula is C11H9F2NO3. The van der Waals surface area contributed by atoms with Crippen LogP contribution in [0, 0.1) is 17.6 Å². The largest absolute Gasteiger partial charge is 0.481 e. The zero-order valence-electron chi connectivity index (χ0n) is 8.69. The first-order valence-corrected chi connectivity index (χ1v) is 4.97. The van der Waals surface area contributed by atoms with Crippen LogP contribution in [0.4, 0.5) is 14.5 Å². The maximum absolute atomic E-state index is 13.4. The first kappa shape index (κ1) is 11.5. The molecule has 1 aromatic carbocycles. The van der Waals surface area contributed by atoms with Crippen LogP contribution in [0.2, 0.25) is 0 Å². The number of carbonyl (C=O) groups is 2. The highest BCUT2D eigenvalue weighted by molar-refractivity contribution is 5.99. The van der Waals surface area contributed by atoms with Gasteiger partial charge < -0.3 is 10.0 Å². The van der Waals surface area contributed by atoms with E-state index >= 15 is 0 Å². The van der Waals surface area contributed by atoms with E-state index in [1.54, 1.807) is 0 Å². The standard InChI is InChI=1S/C11H9F2NO3/c12-7-1-2-9(8(13)4-7)14-5-6(11(16)17)3-10(14)15/h1-2,4,6H,3,5H2,(H,16,17). The van der Waals surface area contributed by atoms with E-state index in [4.69, 9.17) is 5.11 Å². The number of anilines is 1. The first-order valence-electron chi connectivity index (χ1n) is 4.97. The highest BCUT2D eigenvalue weighted by atomic mass is 19.1. The van der Waals surface area contributed by atoms with Crippen molar-refractivity contribution in [3.63, 3.8) is 0 Å². The molecule has 1 atom stereocenters. The van der Waals surface area contributed by atoms with Crippen LogP contribution in [0.15, 0.2) is 18.2 Å². The third-order valence-corrected chi connectivity index (χ3v) is 2.67. The number of carboxylic acids is 1. The number of rotatable bonds is 2. The number of nitrogens with zero attached hydrogens (tertiary/aromatic N) is 1. The molecule has 1 unspecified atom stereocenters. The lowest BCUT2D eigenvalue weighted by molar-refractivity contribution is -0.141. The molecule has 1 fully saturated rings. The predicted octanol–water partition coefficient (Wildman–Crippen LogP) is 1.40. The van der Waals surface area contributed by atoms with Gasteiger partial charge in [0.15, 0.2) is 0 Å². The average molecular weight is 241 g/mol. The summed E-state index contributed by atoms with van der Waals surface area (Å²) in [6, 6.07) is 2.82. The molecule has 1 saturated heterocycles. The molecule has 0 aromatic heterocycles. The minimum atomic E-state index is -1.09. The van der Waals surface area contributed by atoms with Crippen molar-refractivity contribution in [1.29, 1.82) is 0 Å². The summed E-state index contributed by atoms with van der Waals surface area (Å²) >= 11 is 0. The van der Waals surface area contributed by atoms with Gasteiger partial charge in [0.1, 0.15) is 11.6 Å². The third-order valence-electron chi connectivity index (χ3n) is 2.67. The van der Waals surface area contributed by atoms with Crippen molar-refractivity contribution in [3.8, 4) is 0 Å². The molecule has 2 rings (SSSR count). The van der Waals surface area contributed by atoms with E-state index in [1.807, 2.05) is 0 Å². The minimum absolute atomic E-state index is 0.0832. The van der Waals surface area contributed by atoms with Crippen LogP contribution in [0.25, 0.3) is 0 Å². The molecule has 1 heterocycles. The number of carboxylic acid groups (broad SMARTS) is 1. The van der Waals surface area contributed by atoms with E-state index in [1.165, 1.54) is 0 Å². The van der Waals surface area contributed by atoms with Crippen LogP contribution in [0.5, 0.6) is 0 Å². The molecule has 4 nitrogen and oxygen atoms in total. The smallest absolute Gasteiger partial charge is 0.308 e. The van der Waals surface area contributed by atoms with Gasteiger partial charge in [-0.2, -0.15) is 0 Å². The third kappa shape index (κ3) is 2.11. The average Bonchev–Trinajstić information content (AvgIpc) is 2.61. The molecular weight excluding hydrogens is 232 g/mol. The maximum Gasteiger partial charge on any atom is 0.308 e. The van der Waals surface area contributed by atoms with Crippen LogP contribution in [0.3, 0.4) is 0 Å². The van der Waals surface area contributed by atoms with Gasteiger partial charge in [0.25, 0.3) is 0 Å². The monoisotopic (exact) mass is 241 g/mol. The highest BCUT2D eigenvalue weighted by Gasteiger charge is 2.36. The maximum atomic E-state index is 13.4. The Morgan fingerprint density at radius 1 is 1.41 bits per heavy atom. The SMILES string of the molecule is O=C(O)C1CC(=O)N(c2ccc(F)cc2F)C1. The van der Waals surface area contributed by atoms with Gasteiger partial charge in [-0.05, 0) is 12.1 Å². The normalized spacial score (nSPS) is 19.8. The molecule has 0 aliphatic carbocycles. The molecule has 1 N–H and O–H groups in total. The van der Waals surface area contributed by atoms with E-state index < -0.39 is 29.4 Å². The summed E-state index contributed by atoms with van der Waals surface area (Å²) in [6.45, 7) is -0.0866. The van der Waals surface area contributed by atoms with Gasteiger partial charge in [0.2, 0.25) is 5.91 Å². The lowest BCUT2D eigenvalue weighted by atomic mass is 10.1. The molecule has 1 aliphatic heterocycles. The Morgan fingerprint density at radius 3 is 2.65 bits per heavy atom. The first-order chi connectivity index (χ1) is 7.99. The summed E-state index contributed by atoms with van der Waals surface area (Å²) in [7, 11) is 0. The quantitative estimate of drug-likeness (QED) is 0.851. The van der Waals surface area contributed by atoms with Crippen LogP contribution >= 0.6 is 0 Å². The molecule has 1 aliphatic rings. The van der Waals surface area contributed by atoms with Crippen molar-refractivity contribution in [1.82, 2.24) is 0 Å². The van der Waals surface area contributed by atoms with E-state index in [2.05, 4.69) is 0 Å². The Hall–Kier alpha value is -1.98. The van der Waals surface area contributed by atoms with E-state index in [-0.39, 0.29) is 18.7 Å². The van der Waals surface area contributed by atoms with Gasteiger partial charge in [-0.3, -0.25) is 9.59 Å². The van der Waals surface area contributed by atoms with Crippen LogP contribution in [0.1, 0.15) is 6.42 Å². The van der Waals surface area contributed by atoms with Gasteiger partial charge in [-0.15, -0.1) is 0 Å². The lowest BCUT2D eigenvalue weighted by Crippen LogP contribution is -2.26. The van der Waals surface area contributed by atoms with Crippen molar-refractivity contribution in [2.75, 3.05) is 11.4 Å². The second-order valence-electron chi connectivity index (χ2n) is 3.84. The fourth-order valence-electron chi connectivity index (χ4n) is 1.81. The predicted molar refractivity (Wildman–Crippen MR) is 54.5 cm³/mol. The second kappa shape index (κ2) is 4.12. The topological polar surface area (TPSA) is 57.6 Å². The summed E-state index contributed by atoms with van der Waals surface area (Å²) < 4.78 is 26.1. The fourth-order valence-corrected chi connectivity index (χ4v) is 1.81. The number of carbonyl (C=O) groups excluding carboxylic acids is 1. The number of hydrogen-bond donors (Lipinski definition) is 1. The molecule has 17 heavy (non-hydrogen) atoms. The molecule has 0 spiro atoms. The second-order valence-corrected chi connectivity index (χ2v) is 3.84. The number of benzene rings is 1. The van der Waals surface area contributed by atoms with E-state index in [9.17, 15) is 18.4 Å². The van der Waals surface area contributed by atoms with Crippen molar-refractivity contribution in [2.45, 2.75) is 6.42 Å². The summed E-state index contributed by atoms with van der Waals surface area (Å²) in [5.41, 5.74) is -0.0832. The van der Waals surface area contributed by atoms with Gasteiger partial charge in [-0.1, -0.05) is 0 Å². The molecule has 0 bridgehead atoms. The van der Waals surface area contributed by atoms with Crippen molar-refractivity contribution < 1.29 is 23.5 Å². The molecule has 1 aromatic rings. The van der Waals surface area contributed by atoms with Gasteiger partial charge in [-0.25, -0.2) is 8.78 Å². The summed E-state index contributed by atoms with van der Waals surface area (Å²) in [6.07, 6.45) is -0.161. The van der Waals surface area contributed by atoms with Crippen molar-refractivity contribution >= 4 is 17.6 Å². The number of amides is 1. The molecule has 1 amide bonds. The lowest BCUT2D eigenvalue weighted by Gasteiger charge is -2.16. The van der Waals surface area contributed by atoms with Gasteiger partial charge in [0, 0.05) is 19.0 Å². The van der Waals surface area contributed by atoms with Crippen LogP contribution < -0.4 is 4.90 Å². The summed E-state index contributed by atoms with van der Waals surface area (Å²) in [5.74, 6) is -4.02. The molecule has 0 radical (unpaired) electrons. The van der Waals surface area contributed by atoms with Crippen LogP contribution in [-0.2, 0) is 9.59 Å². The Bertz CT molecular complexity index is 490. The Morgan fingerprint density at radius 2 is 2.12 bits per heavy atom. The fraction of sp³-hybridized carbons (Fsp3) is 0.273. The highest BCUT2D eigenvalue weighted by Crippen LogP contribution is 2.27. The Kier molecular flexibility index (Phi) is 2.79. The number of halogens is 2. The molecule has 6 heteroatoms. The Labute approximate surface area is 95.5 Å². The molecule has 90 valence electrons. The zero-order chi connectivity index (χ0) is 12.6. The van der Waals surface area contributed by atoms with E-state index in [0.29, 0.717) is 6.07 Å². The summed E-state index contributed by atoms with van der Waals surface area (Å²) in [4.78, 5) is 23.3. The van der Waals surface area contributed by atoms with Gasteiger partial charge in [0.05, 0.1) is 11.6 Å². The minimum Gasteiger partial charge on any atom is -0.481 e. The van der Waals surface area contributed by atoms with Crippen molar-refractivity contribution in [2.24, 2.45) is 5.92 Å². The zero-order valence-corrected chi connectivity index (χ0v) is 8.69. The van der Waals surface area contributed by atoms with Gasteiger partial charge >= 0.3 is 5.97 Å². The van der Waals surface area contributed by atoms with Crippen LogP contribution in [-0.4, -0.2) is 23.5 Å². The molecule has 0 saturated carbocycles. The number of aliphatic carboxylic acids is 1.